The van der Waals surface area contributed by atoms with Crippen molar-refractivity contribution in [3.8, 4) is 0 Å². The maximum Gasteiger partial charge on any atom is 0.0392 e. The molecule has 2 unspecified atom stereocenters. The molecule has 0 saturated carbocycles. The molecule has 2 aliphatic carbocycles. The first-order valence-electron chi connectivity index (χ1n) is 9.12. The summed E-state index contributed by atoms with van der Waals surface area (Å²) in [6.07, 6.45) is 6.78. The molecule has 0 nitrogen and oxygen atoms in total. The van der Waals surface area contributed by atoms with Crippen molar-refractivity contribution in [3.05, 3.63) is 86.2 Å². The molecule has 2 heteroatoms. The molecule has 5 rings (SSSR count). The van der Waals surface area contributed by atoms with Crippen molar-refractivity contribution < 1.29 is 0 Å². The maximum atomic E-state index is 3.77. The van der Waals surface area contributed by atoms with Gasteiger partial charge in [0, 0.05) is 21.1 Å². The Morgan fingerprint density at radius 2 is 1.65 bits per heavy atom. The van der Waals surface area contributed by atoms with Gasteiger partial charge in [0.2, 0.25) is 0 Å². The summed E-state index contributed by atoms with van der Waals surface area (Å²) in [5.74, 6) is 0.653. The van der Waals surface area contributed by atoms with Crippen molar-refractivity contribution in [3.63, 3.8) is 0 Å². The number of benzene rings is 2. The summed E-state index contributed by atoms with van der Waals surface area (Å²) < 4.78 is 0. The van der Waals surface area contributed by atoms with Gasteiger partial charge >= 0.3 is 0 Å². The average Bonchev–Trinajstić information content (AvgIpc) is 3.24. The largest absolute Gasteiger partial charge is 0.0983 e. The van der Waals surface area contributed by atoms with Crippen LogP contribution in [0, 0.1) is 5.92 Å². The second-order valence-electron chi connectivity index (χ2n) is 7.36. The summed E-state index contributed by atoms with van der Waals surface area (Å²) >= 11 is 1.94. The first kappa shape index (κ1) is 17.6. The van der Waals surface area contributed by atoms with Crippen LogP contribution in [0.1, 0.15) is 44.4 Å². The van der Waals surface area contributed by atoms with E-state index in [9.17, 15) is 0 Å². The molecule has 2 atom stereocenters. The standard InChI is InChI=1S/C14H11Si.C10H12S/c1-9-8-13-11-5-3-2-4-10(11)6-7-12(13)14(9)15;1-6-4-5-9-10(6)7(2)8(3)11-9/h2-8,14H,1H3;4-5,10H,1-3H3. The summed E-state index contributed by atoms with van der Waals surface area (Å²) in [6, 6.07) is 13.0. The predicted octanol–water partition coefficient (Wildman–Crippen LogP) is 6.95. The van der Waals surface area contributed by atoms with Gasteiger partial charge in [0.15, 0.2) is 0 Å². The zero-order valence-corrected chi connectivity index (χ0v) is 17.6. The van der Waals surface area contributed by atoms with Gasteiger partial charge in [-0.25, -0.2) is 0 Å². The molecule has 3 aliphatic rings. The van der Waals surface area contributed by atoms with Crippen LogP contribution in [0.25, 0.3) is 16.8 Å². The quantitative estimate of drug-likeness (QED) is 0.451. The maximum absolute atomic E-state index is 3.77. The highest BCUT2D eigenvalue weighted by Gasteiger charge is 2.29. The van der Waals surface area contributed by atoms with Crippen LogP contribution in [0.5, 0.6) is 0 Å². The van der Waals surface area contributed by atoms with Crippen molar-refractivity contribution in [2.75, 3.05) is 0 Å². The molecule has 0 aromatic heterocycles. The van der Waals surface area contributed by atoms with E-state index in [0.717, 1.165) is 0 Å². The lowest BCUT2D eigenvalue weighted by Gasteiger charge is -2.08. The second-order valence-corrected chi connectivity index (χ2v) is 9.23. The van der Waals surface area contributed by atoms with Crippen LogP contribution in [0.4, 0.5) is 0 Å². The molecule has 0 fully saturated rings. The van der Waals surface area contributed by atoms with Crippen molar-refractivity contribution in [2.45, 2.75) is 33.2 Å². The fourth-order valence-corrected chi connectivity index (χ4v) is 5.60. The van der Waals surface area contributed by atoms with Crippen molar-refractivity contribution in [1.82, 2.24) is 0 Å². The predicted molar refractivity (Wildman–Crippen MR) is 117 cm³/mol. The summed E-state index contributed by atoms with van der Waals surface area (Å²) in [4.78, 5) is 3.02. The van der Waals surface area contributed by atoms with Crippen LogP contribution in [0.2, 0.25) is 0 Å². The zero-order chi connectivity index (χ0) is 18.4. The zero-order valence-electron chi connectivity index (χ0n) is 15.8. The lowest BCUT2D eigenvalue weighted by atomic mass is 9.96. The minimum Gasteiger partial charge on any atom is -0.0983 e. The number of hydrogen-bond acceptors (Lipinski definition) is 1. The van der Waals surface area contributed by atoms with E-state index in [-0.39, 0.29) is 0 Å². The SMILES string of the molecule is CC1=CC=C2SC(C)=C(C)C12.CC1=Cc2c(ccc3ccccc23)C1[Si]. The van der Waals surface area contributed by atoms with E-state index >= 15 is 0 Å². The molecule has 0 bridgehead atoms. The minimum atomic E-state index is 0.393. The summed E-state index contributed by atoms with van der Waals surface area (Å²) in [6.45, 7) is 8.85. The fourth-order valence-electron chi connectivity index (χ4n) is 4.02. The fraction of sp³-hybridized carbons (Fsp3) is 0.250. The van der Waals surface area contributed by atoms with Gasteiger partial charge in [0.05, 0.1) is 0 Å². The Kier molecular flexibility index (Phi) is 4.58. The van der Waals surface area contributed by atoms with Crippen molar-refractivity contribution >= 4 is 38.9 Å². The number of fused-ring (bicyclic) bond motifs is 4. The minimum absolute atomic E-state index is 0.393. The Balaban J connectivity index is 0.000000136. The molecule has 1 heterocycles. The summed E-state index contributed by atoms with van der Waals surface area (Å²) in [5.41, 5.74) is 7.60. The van der Waals surface area contributed by atoms with E-state index < -0.39 is 0 Å². The van der Waals surface area contributed by atoms with E-state index in [0.29, 0.717) is 11.5 Å². The smallest absolute Gasteiger partial charge is 0.0392 e. The van der Waals surface area contributed by atoms with Gasteiger partial charge in [0.1, 0.15) is 0 Å². The van der Waals surface area contributed by atoms with E-state index in [2.05, 4.69) is 92.6 Å². The summed E-state index contributed by atoms with van der Waals surface area (Å²) in [5, 5.41) is 2.68. The summed E-state index contributed by atoms with van der Waals surface area (Å²) in [7, 11) is 3.77. The van der Waals surface area contributed by atoms with Crippen LogP contribution in [0.15, 0.2) is 75.1 Å². The topological polar surface area (TPSA) is 0 Å². The molecule has 129 valence electrons. The van der Waals surface area contributed by atoms with Crippen LogP contribution >= 0.6 is 11.8 Å². The van der Waals surface area contributed by atoms with Gasteiger partial charge in [-0.2, -0.15) is 0 Å². The van der Waals surface area contributed by atoms with E-state index in [1.165, 1.54) is 42.9 Å². The Labute approximate surface area is 164 Å². The monoisotopic (exact) mass is 371 g/mol. The van der Waals surface area contributed by atoms with Crippen LogP contribution < -0.4 is 0 Å². The third-order valence-corrected chi connectivity index (χ3v) is 7.65. The molecule has 1 aliphatic heterocycles. The van der Waals surface area contributed by atoms with Gasteiger partial charge < -0.3 is 0 Å². The first-order valence-corrected chi connectivity index (χ1v) is 10.5. The lowest BCUT2D eigenvalue weighted by molar-refractivity contribution is 0.903. The molecule has 26 heavy (non-hydrogen) atoms. The molecular formula is C24H23SSi. The van der Waals surface area contributed by atoms with Gasteiger partial charge in [-0.3, -0.25) is 0 Å². The Morgan fingerprint density at radius 1 is 0.885 bits per heavy atom. The van der Waals surface area contributed by atoms with Gasteiger partial charge in [-0.1, -0.05) is 83.1 Å². The normalized spacial score (nSPS) is 23.2. The van der Waals surface area contributed by atoms with E-state index in [1.807, 2.05) is 11.8 Å². The number of allylic oxidation sites excluding steroid dienone is 7. The molecule has 2 aromatic carbocycles. The third-order valence-electron chi connectivity index (χ3n) is 5.65. The van der Waals surface area contributed by atoms with E-state index in [1.54, 1.807) is 5.57 Å². The molecule has 2 aromatic rings. The van der Waals surface area contributed by atoms with Gasteiger partial charge in [0.25, 0.3) is 0 Å². The molecule has 0 amide bonds. The number of thioether (sulfide) groups is 1. The lowest BCUT2D eigenvalue weighted by Crippen LogP contribution is -1.96. The van der Waals surface area contributed by atoms with Crippen molar-refractivity contribution in [1.29, 1.82) is 0 Å². The first-order chi connectivity index (χ1) is 12.5. The van der Waals surface area contributed by atoms with Crippen LogP contribution in [-0.2, 0) is 0 Å². The Hall–Kier alpha value is -1.77. The second kappa shape index (κ2) is 6.75. The Morgan fingerprint density at radius 3 is 2.42 bits per heavy atom. The van der Waals surface area contributed by atoms with Crippen LogP contribution in [-0.4, -0.2) is 10.2 Å². The Bertz CT molecular complexity index is 1020. The molecule has 0 spiro atoms. The highest BCUT2D eigenvalue weighted by atomic mass is 32.2. The number of rotatable bonds is 0. The van der Waals surface area contributed by atoms with Gasteiger partial charge in [-0.05, 0) is 60.0 Å². The highest BCUT2D eigenvalue weighted by Crippen LogP contribution is 2.50. The highest BCUT2D eigenvalue weighted by molar-refractivity contribution is 8.07. The average molecular weight is 372 g/mol. The van der Waals surface area contributed by atoms with Crippen molar-refractivity contribution in [2.24, 2.45) is 5.92 Å². The molecule has 0 saturated heterocycles. The molecule has 3 radical (unpaired) electrons. The van der Waals surface area contributed by atoms with Gasteiger partial charge in [-0.15, -0.1) is 0 Å². The van der Waals surface area contributed by atoms with E-state index in [4.69, 9.17) is 0 Å². The molecule has 0 N–H and O–H groups in total. The molecular weight excluding hydrogens is 348 g/mol. The third kappa shape index (κ3) is 2.86. The number of hydrogen-bond donors (Lipinski definition) is 0. The van der Waals surface area contributed by atoms with Crippen LogP contribution in [0.3, 0.4) is 0 Å².